The molecule has 0 atom stereocenters. The number of hydrogen-bond donors (Lipinski definition) is 1. The Morgan fingerprint density at radius 1 is 1.24 bits per heavy atom. The second kappa shape index (κ2) is 7.98. The van der Waals surface area contributed by atoms with Crippen molar-refractivity contribution in [2.45, 2.75) is 29.9 Å². The monoisotopic (exact) mass is 384 g/mol. The number of nitrogens with zero attached hydrogens (tertiary/aromatic N) is 3. The van der Waals surface area contributed by atoms with E-state index in [2.05, 4.69) is 15.5 Å². The molecule has 0 aliphatic heterocycles. The molecular formula is C15H20N4O4S2. The van der Waals surface area contributed by atoms with Crippen LogP contribution in [0.4, 0.5) is 5.69 Å². The highest BCUT2D eigenvalue weighted by atomic mass is 32.2. The topological polar surface area (TPSA) is 105 Å². The van der Waals surface area contributed by atoms with Gasteiger partial charge in [0.2, 0.25) is 21.8 Å². The molecule has 8 nitrogen and oxygen atoms in total. The molecule has 0 aliphatic carbocycles. The molecule has 0 saturated heterocycles. The van der Waals surface area contributed by atoms with Crippen molar-refractivity contribution in [3.05, 3.63) is 30.2 Å². The minimum Gasteiger partial charge on any atom is -0.416 e. The average Bonchev–Trinajstić information content (AvgIpc) is 3.02. The smallest absolute Gasteiger partial charge is 0.277 e. The van der Waals surface area contributed by atoms with Crippen LogP contribution < -0.4 is 5.32 Å². The first-order valence-electron chi connectivity index (χ1n) is 7.49. The van der Waals surface area contributed by atoms with E-state index in [0.29, 0.717) is 16.8 Å². The number of rotatable bonds is 7. The zero-order valence-corrected chi connectivity index (χ0v) is 16.0. The molecule has 2 rings (SSSR count). The minimum absolute atomic E-state index is 0.109. The summed E-state index contributed by atoms with van der Waals surface area (Å²) >= 11 is 1.14. The van der Waals surface area contributed by atoms with Crippen LogP contribution in [0.2, 0.25) is 0 Å². The number of carbonyl (C=O) groups is 1. The first kappa shape index (κ1) is 19.4. The third kappa shape index (κ3) is 5.03. The molecule has 0 fully saturated rings. The van der Waals surface area contributed by atoms with Crippen molar-refractivity contribution in [3.63, 3.8) is 0 Å². The Bertz CT molecular complexity index is 829. The molecule has 0 aliphatic rings. The Kier molecular flexibility index (Phi) is 6.20. The van der Waals surface area contributed by atoms with Crippen molar-refractivity contribution >= 4 is 33.4 Å². The van der Waals surface area contributed by atoms with Crippen LogP contribution in [0, 0.1) is 0 Å². The normalized spacial score (nSPS) is 11.9. The second-order valence-corrected chi connectivity index (χ2v) is 8.79. The molecular weight excluding hydrogens is 364 g/mol. The summed E-state index contributed by atoms with van der Waals surface area (Å²) in [5.74, 6) is 0.517. The maximum atomic E-state index is 12.0. The maximum Gasteiger partial charge on any atom is 0.277 e. The lowest BCUT2D eigenvalue weighted by Crippen LogP contribution is -2.22. The van der Waals surface area contributed by atoms with Crippen molar-refractivity contribution in [2.24, 2.45) is 0 Å². The van der Waals surface area contributed by atoms with Gasteiger partial charge in [-0.1, -0.05) is 25.6 Å². The van der Waals surface area contributed by atoms with Crippen molar-refractivity contribution in [2.75, 3.05) is 25.2 Å². The summed E-state index contributed by atoms with van der Waals surface area (Å²) in [6.45, 7) is 3.88. The number of anilines is 1. The molecule has 1 heterocycles. The highest BCUT2D eigenvalue weighted by molar-refractivity contribution is 7.99. The summed E-state index contributed by atoms with van der Waals surface area (Å²) < 4.78 is 30.5. The van der Waals surface area contributed by atoms with Gasteiger partial charge in [0.25, 0.3) is 5.22 Å². The predicted molar refractivity (Wildman–Crippen MR) is 95.1 cm³/mol. The molecule has 2 aromatic rings. The van der Waals surface area contributed by atoms with Gasteiger partial charge in [-0.2, -0.15) is 0 Å². The highest BCUT2D eigenvalue weighted by Gasteiger charge is 2.17. The summed E-state index contributed by atoms with van der Waals surface area (Å²) in [6, 6.07) is 5.99. The van der Waals surface area contributed by atoms with Gasteiger partial charge in [-0.05, 0) is 24.3 Å². The van der Waals surface area contributed by atoms with E-state index in [1.807, 2.05) is 13.8 Å². The Morgan fingerprint density at radius 3 is 2.40 bits per heavy atom. The number of hydrogen-bond acceptors (Lipinski definition) is 7. The van der Waals surface area contributed by atoms with E-state index in [1.54, 1.807) is 12.1 Å². The summed E-state index contributed by atoms with van der Waals surface area (Å²) in [6.07, 6.45) is 0. The van der Waals surface area contributed by atoms with Crippen LogP contribution in [0.25, 0.3) is 0 Å². The molecule has 0 bridgehead atoms. The van der Waals surface area contributed by atoms with Crippen LogP contribution in [0.1, 0.15) is 25.7 Å². The van der Waals surface area contributed by atoms with Crippen LogP contribution in [-0.4, -0.2) is 48.7 Å². The lowest BCUT2D eigenvalue weighted by Gasteiger charge is -2.11. The fourth-order valence-electron chi connectivity index (χ4n) is 1.76. The molecule has 10 heteroatoms. The standard InChI is InChI=1S/C15H20N4O4S2/c1-10(2)14-17-18-15(23-14)24-9-13(20)16-11-5-7-12(8-6-11)25(21,22)19(3)4/h5-8,10H,9H2,1-4H3,(H,16,20). The minimum atomic E-state index is -3.48. The zero-order valence-electron chi connectivity index (χ0n) is 14.4. The van der Waals surface area contributed by atoms with Crippen molar-refractivity contribution in [1.29, 1.82) is 0 Å². The van der Waals surface area contributed by atoms with Gasteiger partial charge in [0.1, 0.15) is 0 Å². The molecule has 1 aromatic carbocycles. The molecule has 0 spiro atoms. The van der Waals surface area contributed by atoms with Gasteiger partial charge in [-0.15, -0.1) is 10.2 Å². The molecule has 0 unspecified atom stereocenters. The van der Waals surface area contributed by atoms with Crippen LogP contribution in [0.3, 0.4) is 0 Å². The molecule has 1 N–H and O–H groups in total. The van der Waals surface area contributed by atoms with E-state index in [0.717, 1.165) is 16.1 Å². The van der Waals surface area contributed by atoms with E-state index >= 15 is 0 Å². The fraction of sp³-hybridized carbons (Fsp3) is 0.400. The second-order valence-electron chi connectivity index (χ2n) is 5.71. The predicted octanol–water partition coefficient (Wildman–Crippen LogP) is 2.17. The van der Waals surface area contributed by atoms with Gasteiger partial charge in [-0.25, -0.2) is 12.7 Å². The first-order valence-corrected chi connectivity index (χ1v) is 9.91. The van der Waals surface area contributed by atoms with Gasteiger partial charge in [-0.3, -0.25) is 4.79 Å². The van der Waals surface area contributed by atoms with Crippen LogP contribution in [0.15, 0.2) is 38.8 Å². The number of sulfonamides is 1. The van der Waals surface area contributed by atoms with Gasteiger partial charge in [0, 0.05) is 25.7 Å². The summed E-state index contributed by atoms with van der Waals surface area (Å²) in [4.78, 5) is 12.1. The number of benzene rings is 1. The van der Waals surface area contributed by atoms with E-state index in [-0.39, 0.29) is 22.5 Å². The molecule has 25 heavy (non-hydrogen) atoms. The number of aromatic nitrogens is 2. The molecule has 1 aromatic heterocycles. The third-order valence-electron chi connectivity index (χ3n) is 3.16. The number of carbonyl (C=O) groups excluding carboxylic acids is 1. The van der Waals surface area contributed by atoms with Crippen molar-refractivity contribution < 1.29 is 17.6 Å². The zero-order chi connectivity index (χ0) is 18.6. The van der Waals surface area contributed by atoms with E-state index in [4.69, 9.17) is 4.42 Å². The van der Waals surface area contributed by atoms with E-state index in [9.17, 15) is 13.2 Å². The van der Waals surface area contributed by atoms with E-state index < -0.39 is 10.0 Å². The Morgan fingerprint density at radius 2 is 1.88 bits per heavy atom. The molecule has 136 valence electrons. The Balaban J connectivity index is 1.92. The van der Waals surface area contributed by atoms with Crippen LogP contribution in [-0.2, 0) is 14.8 Å². The highest BCUT2D eigenvalue weighted by Crippen LogP contribution is 2.21. The quantitative estimate of drug-likeness (QED) is 0.729. The van der Waals surface area contributed by atoms with Gasteiger partial charge < -0.3 is 9.73 Å². The van der Waals surface area contributed by atoms with Gasteiger partial charge in [0.15, 0.2) is 0 Å². The lowest BCUT2D eigenvalue weighted by atomic mass is 10.2. The Hall–Kier alpha value is -1.91. The Labute approximate surface area is 151 Å². The third-order valence-corrected chi connectivity index (χ3v) is 5.81. The van der Waals surface area contributed by atoms with E-state index in [1.165, 1.54) is 26.2 Å². The number of amides is 1. The van der Waals surface area contributed by atoms with Crippen LogP contribution in [0.5, 0.6) is 0 Å². The SMILES string of the molecule is CC(C)c1nnc(SCC(=O)Nc2ccc(S(=O)(=O)N(C)C)cc2)o1. The molecule has 1 amide bonds. The van der Waals surface area contributed by atoms with Crippen molar-refractivity contribution in [1.82, 2.24) is 14.5 Å². The summed E-state index contributed by atoms with van der Waals surface area (Å²) in [5.41, 5.74) is 0.511. The summed E-state index contributed by atoms with van der Waals surface area (Å²) in [7, 11) is -0.559. The lowest BCUT2D eigenvalue weighted by molar-refractivity contribution is -0.113. The largest absolute Gasteiger partial charge is 0.416 e. The van der Waals surface area contributed by atoms with Crippen LogP contribution >= 0.6 is 11.8 Å². The molecule has 0 radical (unpaired) electrons. The molecule has 0 saturated carbocycles. The maximum absolute atomic E-state index is 12.0. The summed E-state index contributed by atoms with van der Waals surface area (Å²) in [5, 5.41) is 10.8. The van der Waals surface area contributed by atoms with Gasteiger partial charge in [0.05, 0.1) is 10.6 Å². The average molecular weight is 384 g/mol. The number of nitrogens with one attached hydrogen (secondary N) is 1. The van der Waals surface area contributed by atoms with Crippen molar-refractivity contribution in [3.8, 4) is 0 Å². The fourth-order valence-corrected chi connectivity index (χ4v) is 3.23. The van der Waals surface area contributed by atoms with Gasteiger partial charge >= 0.3 is 0 Å². The first-order chi connectivity index (χ1) is 11.7. The number of thioether (sulfide) groups is 1.